The second-order valence-electron chi connectivity index (χ2n) is 3.85. The third-order valence-electron chi connectivity index (χ3n) is 2.82. The molecule has 1 heterocycles. The Morgan fingerprint density at radius 3 is 2.73 bits per heavy atom. The van der Waals surface area contributed by atoms with Crippen LogP contribution in [0.2, 0.25) is 0 Å². The van der Waals surface area contributed by atoms with Crippen LogP contribution in [0, 0.1) is 0 Å². The first-order valence-corrected chi connectivity index (χ1v) is 4.26. The molecule has 1 fully saturated rings. The van der Waals surface area contributed by atoms with Crippen molar-refractivity contribution in [1.82, 2.24) is 4.90 Å². The minimum Gasteiger partial charge on any atom is -0.329 e. The fourth-order valence-electron chi connectivity index (χ4n) is 1.65. The van der Waals surface area contributed by atoms with Gasteiger partial charge in [-0.25, -0.2) is 0 Å². The predicted octanol–water partition coefficient (Wildman–Crippen LogP) is -0.243. The molecule has 4 N–H and O–H groups in total. The maximum absolute atomic E-state index is 6.06. The number of rotatable bonds is 1. The van der Waals surface area contributed by atoms with Crippen molar-refractivity contribution in [3.63, 3.8) is 0 Å². The second-order valence-corrected chi connectivity index (χ2v) is 3.85. The molecule has 0 aromatic carbocycles. The van der Waals surface area contributed by atoms with Crippen molar-refractivity contribution in [2.45, 2.75) is 31.3 Å². The van der Waals surface area contributed by atoms with Crippen LogP contribution in [0.1, 0.15) is 19.8 Å². The third kappa shape index (κ3) is 1.92. The van der Waals surface area contributed by atoms with E-state index >= 15 is 0 Å². The highest BCUT2D eigenvalue weighted by molar-refractivity contribution is 4.93. The minimum absolute atomic E-state index is 0.0913. The zero-order chi connectivity index (χ0) is 8.48. The highest BCUT2D eigenvalue weighted by Crippen LogP contribution is 2.22. The second kappa shape index (κ2) is 3.09. The van der Waals surface area contributed by atoms with Crippen molar-refractivity contribution in [3.05, 3.63) is 0 Å². The van der Waals surface area contributed by atoms with Gasteiger partial charge in [0, 0.05) is 18.1 Å². The van der Waals surface area contributed by atoms with Gasteiger partial charge in [-0.1, -0.05) is 0 Å². The van der Waals surface area contributed by atoms with Crippen LogP contribution in [-0.4, -0.2) is 36.6 Å². The minimum atomic E-state index is -0.0913. The van der Waals surface area contributed by atoms with Gasteiger partial charge in [0.25, 0.3) is 0 Å². The Morgan fingerprint density at radius 1 is 1.64 bits per heavy atom. The Kier molecular flexibility index (Phi) is 2.52. The van der Waals surface area contributed by atoms with E-state index in [9.17, 15) is 0 Å². The molecule has 1 saturated heterocycles. The highest BCUT2D eigenvalue weighted by atomic mass is 15.1. The maximum Gasteiger partial charge on any atom is 0.0305 e. The average Bonchev–Trinajstić information content (AvgIpc) is 1.98. The van der Waals surface area contributed by atoms with E-state index in [4.69, 9.17) is 11.5 Å². The van der Waals surface area contributed by atoms with Crippen LogP contribution in [0.25, 0.3) is 0 Å². The van der Waals surface area contributed by atoms with Gasteiger partial charge in [-0.3, -0.25) is 0 Å². The molecular formula is C8H19N3. The van der Waals surface area contributed by atoms with E-state index < -0.39 is 0 Å². The molecule has 2 unspecified atom stereocenters. The zero-order valence-corrected chi connectivity index (χ0v) is 7.51. The number of likely N-dealkylation sites (tertiary alicyclic amines) is 1. The first-order valence-electron chi connectivity index (χ1n) is 4.26. The summed E-state index contributed by atoms with van der Waals surface area (Å²) in [5.74, 6) is 0. The molecule has 0 radical (unpaired) electrons. The summed E-state index contributed by atoms with van der Waals surface area (Å²) in [6, 6.07) is 0.581. The molecular weight excluding hydrogens is 138 g/mol. The number of hydrogen-bond donors (Lipinski definition) is 2. The van der Waals surface area contributed by atoms with Crippen LogP contribution in [0.3, 0.4) is 0 Å². The Bertz CT molecular complexity index is 137. The number of nitrogens with two attached hydrogens (primary N) is 2. The van der Waals surface area contributed by atoms with E-state index in [1.165, 1.54) is 0 Å². The summed E-state index contributed by atoms with van der Waals surface area (Å²) in [6.07, 6.45) is 2.06. The van der Waals surface area contributed by atoms with Crippen LogP contribution in [0.4, 0.5) is 0 Å². The first-order chi connectivity index (χ1) is 5.07. The molecule has 0 amide bonds. The fraction of sp³-hybridized carbons (Fsp3) is 1.00. The molecule has 0 aromatic heterocycles. The molecule has 0 spiro atoms. The summed E-state index contributed by atoms with van der Waals surface area (Å²) in [4.78, 5) is 2.33. The smallest absolute Gasteiger partial charge is 0.0305 e. The Hall–Kier alpha value is -0.120. The van der Waals surface area contributed by atoms with Gasteiger partial charge in [0.05, 0.1) is 0 Å². The molecule has 0 saturated carbocycles. The van der Waals surface area contributed by atoms with E-state index in [0.29, 0.717) is 12.6 Å². The average molecular weight is 157 g/mol. The van der Waals surface area contributed by atoms with E-state index in [2.05, 4.69) is 18.9 Å². The summed E-state index contributed by atoms with van der Waals surface area (Å²) in [5, 5.41) is 0. The van der Waals surface area contributed by atoms with Gasteiger partial charge < -0.3 is 16.4 Å². The van der Waals surface area contributed by atoms with Crippen molar-refractivity contribution in [3.8, 4) is 0 Å². The van der Waals surface area contributed by atoms with Crippen LogP contribution in [0.5, 0.6) is 0 Å². The summed E-state index contributed by atoms with van der Waals surface area (Å²) in [5.41, 5.74) is 11.6. The van der Waals surface area contributed by atoms with Gasteiger partial charge in [0.2, 0.25) is 0 Å². The lowest BCUT2D eigenvalue weighted by atomic mass is 9.85. The van der Waals surface area contributed by atoms with Crippen molar-refractivity contribution in [1.29, 1.82) is 0 Å². The molecule has 0 aromatic rings. The standard InChI is InChI=1S/C8H19N3/c1-7-5-8(10,6-9)3-4-11(7)2/h7H,3-6,9-10H2,1-2H3. The van der Waals surface area contributed by atoms with Crippen molar-refractivity contribution in [2.75, 3.05) is 20.1 Å². The van der Waals surface area contributed by atoms with E-state index in [-0.39, 0.29) is 5.54 Å². The quantitative estimate of drug-likeness (QED) is 0.552. The van der Waals surface area contributed by atoms with Crippen LogP contribution >= 0.6 is 0 Å². The Morgan fingerprint density at radius 2 is 2.27 bits per heavy atom. The molecule has 1 rings (SSSR count). The summed E-state index contributed by atoms with van der Waals surface area (Å²) in [6.45, 7) is 3.90. The SMILES string of the molecule is CC1CC(N)(CN)CCN1C. The molecule has 0 bridgehead atoms. The lowest BCUT2D eigenvalue weighted by Gasteiger charge is -2.41. The third-order valence-corrected chi connectivity index (χ3v) is 2.82. The molecule has 1 aliphatic heterocycles. The number of nitrogens with zero attached hydrogens (tertiary/aromatic N) is 1. The summed E-state index contributed by atoms with van der Waals surface area (Å²) in [7, 11) is 2.14. The molecule has 0 aliphatic carbocycles. The van der Waals surface area contributed by atoms with Gasteiger partial charge in [0.15, 0.2) is 0 Å². The lowest BCUT2D eigenvalue weighted by Crippen LogP contribution is -2.56. The molecule has 11 heavy (non-hydrogen) atoms. The fourth-order valence-corrected chi connectivity index (χ4v) is 1.65. The summed E-state index contributed by atoms with van der Waals surface area (Å²) >= 11 is 0. The van der Waals surface area contributed by atoms with Crippen molar-refractivity contribution in [2.24, 2.45) is 11.5 Å². The van der Waals surface area contributed by atoms with Crippen LogP contribution in [-0.2, 0) is 0 Å². The predicted molar refractivity (Wildman–Crippen MR) is 47.3 cm³/mol. The monoisotopic (exact) mass is 157 g/mol. The molecule has 3 heteroatoms. The summed E-state index contributed by atoms with van der Waals surface area (Å²) < 4.78 is 0. The largest absolute Gasteiger partial charge is 0.329 e. The lowest BCUT2D eigenvalue weighted by molar-refractivity contribution is 0.136. The van der Waals surface area contributed by atoms with Gasteiger partial charge in [-0.2, -0.15) is 0 Å². The van der Waals surface area contributed by atoms with Gasteiger partial charge in [-0.05, 0) is 33.4 Å². The van der Waals surface area contributed by atoms with E-state index in [1.54, 1.807) is 0 Å². The normalized spacial score (nSPS) is 40.9. The molecule has 3 nitrogen and oxygen atoms in total. The van der Waals surface area contributed by atoms with Crippen molar-refractivity contribution >= 4 is 0 Å². The number of hydrogen-bond acceptors (Lipinski definition) is 3. The maximum atomic E-state index is 6.06. The molecule has 66 valence electrons. The van der Waals surface area contributed by atoms with Crippen LogP contribution in [0.15, 0.2) is 0 Å². The van der Waals surface area contributed by atoms with Gasteiger partial charge >= 0.3 is 0 Å². The first kappa shape index (κ1) is 8.97. The van der Waals surface area contributed by atoms with E-state index in [1.807, 2.05) is 0 Å². The Balaban J connectivity index is 2.51. The van der Waals surface area contributed by atoms with E-state index in [0.717, 1.165) is 19.4 Å². The van der Waals surface area contributed by atoms with Gasteiger partial charge in [0.1, 0.15) is 0 Å². The molecule has 2 atom stereocenters. The molecule has 1 aliphatic rings. The zero-order valence-electron chi connectivity index (χ0n) is 7.51. The Labute approximate surface area is 68.7 Å². The topological polar surface area (TPSA) is 55.3 Å². The highest BCUT2D eigenvalue weighted by Gasteiger charge is 2.31. The number of piperidine rings is 1. The van der Waals surface area contributed by atoms with Gasteiger partial charge in [-0.15, -0.1) is 0 Å². The van der Waals surface area contributed by atoms with Crippen LogP contribution < -0.4 is 11.5 Å². The van der Waals surface area contributed by atoms with Crippen molar-refractivity contribution < 1.29 is 0 Å².